The van der Waals surface area contributed by atoms with E-state index in [2.05, 4.69) is 10.3 Å². The van der Waals surface area contributed by atoms with Crippen LogP contribution < -0.4 is 14.8 Å². The third-order valence-corrected chi connectivity index (χ3v) is 5.85. The maximum atomic E-state index is 13.0. The lowest BCUT2D eigenvalue weighted by Gasteiger charge is -2.22. The molecule has 1 N–H and O–H groups in total. The summed E-state index contributed by atoms with van der Waals surface area (Å²) in [4.78, 5) is 30.3. The van der Waals surface area contributed by atoms with E-state index in [1.807, 2.05) is 0 Å². The fraction of sp³-hybridized carbons (Fsp3) is 0.609. The van der Waals surface area contributed by atoms with Gasteiger partial charge < -0.3 is 33.6 Å². The van der Waals surface area contributed by atoms with Crippen LogP contribution in [0.3, 0.4) is 0 Å². The first-order chi connectivity index (χ1) is 16.0. The highest BCUT2D eigenvalue weighted by Gasteiger charge is 2.31. The van der Waals surface area contributed by atoms with Crippen molar-refractivity contribution in [2.45, 2.75) is 38.5 Å². The van der Waals surface area contributed by atoms with E-state index < -0.39 is 5.97 Å². The van der Waals surface area contributed by atoms with E-state index in [9.17, 15) is 9.59 Å². The van der Waals surface area contributed by atoms with Gasteiger partial charge in [0.2, 0.25) is 5.91 Å². The summed E-state index contributed by atoms with van der Waals surface area (Å²) in [6, 6.07) is 0. The van der Waals surface area contributed by atoms with Crippen LogP contribution >= 0.6 is 0 Å². The first-order valence-electron chi connectivity index (χ1n) is 11.1. The van der Waals surface area contributed by atoms with Gasteiger partial charge in [0.05, 0.1) is 19.9 Å². The van der Waals surface area contributed by atoms with Gasteiger partial charge in [0.1, 0.15) is 16.6 Å². The molecular weight excluding hydrogens is 430 g/mol. The van der Waals surface area contributed by atoms with Crippen molar-refractivity contribution in [3.8, 4) is 11.5 Å². The predicted octanol–water partition coefficient (Wildman–Crippen LogP) is 2.56. The van der Waals surface area contributed by atoms with Crippen LogP contribution in [0.5, 0.6) is 11.5 Å². The first kappa shape index (κ1) is 24.8. The molecule has 3 rings (SSSR count). The van der Waals surface area contributed by atoms with Gasteiger partial charge in [-0.1, -0.05) is 19.3 Å². The molecule has 10 nitrogen and oxygen atoms in total. The Morgan fingerprint density at radius 1 is 1.06 bits per heavy atom. The molecule has 1 amide bonds. The standard InChI is InChI=1S/C23H33N3O7/c1-26-12-25-19-20(26)21(32-13-29-2)16(18(23(28)31-4)22(19)33-14-30-3)10-17(27)24-11-15-8-6-5-7-9-15/h12,15H,5-11,13-14H2,1-4H3,(H,24,27). The van der Waals surface area contributed by atoms with Crippen molar-refractivity contribution in [3.05, 3.63) is 17.5 Å². The number of carbonyl (C=O) groups excluding carboxylic acids is 2. The van der Waals surface area contributed by atoms with Gasteiger partial charge in [-0.25, -0.2) is 9.78 Å². The van der Waals surface area contributed by atoms with E-state index in [1.165, 1.54) is 40.6 Å². The van der Waals surface area contributed by atoms with Crippen LogP contribution in [0.1, 0.15) is 48.0 Å². The molecule has 1 saturated carbocycles. The highest BCUT2D eigenvalue weighted by molar-refractivity contribution is 6.05. The van der Waals surface area contributed by atoms with E-state index in [0.29, 0.717) is 34.8 Å². The molecule has 33 heavy (non-hydrogen) atoms. The van der Waals surface area contributed by atoms with Crippen LogP contribution in [0.25, 0.3) is 11.0 Å². The fourth-order valence-electron chi connectivity index (χ4n) is 4.27. The lowest BCUT2D eigenvalue weighted by Crippen LogP contribution is -2.32. The summed E-state index contributed by atoms with van der Waals surface area (Å²) in [7, 11) is 6.03. The molecule has 0 spiro atoms. The molecule has 0 unspecified atom stereocenters. The molecule has 0 aliphatic heterocycles. The average molecular weight is 464 g/mol. The number of aromatic nitrogens is 2. The lowest BCUT2D eigenvalue weighted by molar-refractivity contribution is -0.120. The minimum Gasteiger partial charge on any atom is -0.465 e. The summed E-state index contributed by atoms with van der Waals surface area (Å²) in [5.41, 5.74) is 1.40. The molecule has 1 aromatic heterocycles. The molecule has 2 aromatic rings. The van der Waals surface area contributed by atoms with Gasteiger partial charge in [0.25, 0.3) is 0 Å². The largest absolute Gasteiger partial charge is 0.465 e. The highest BCUT2D eigenvalue weighted by atomic mass is 16.7. The molecule has 0 radical (unpaired) electrons. The Morgan fingerprint density at radius 2 is 1.73 bits per heavy atom. The van der Waals surface area contributed by atoms with Crippen molar-refractivity contribution in [2.75, 3.05) is 41.5 Å². The number of fused-ring (bicyclic) bond motifs is 1. The number of imidazole rings is 1. The zero-order valence-electron chi connectivity index (χ0n) is 19.8. The molecule has 0 bridgehead atoms. The molecule has 1 fully saturated rings. The maximum absolute atomic E-state index is 13.0. The summed E-state index contributed by atoms with van der Waals surface area (Å²) < 4.78 is 28.6. The average Bonchev–Trinajstić information content (AvgIpc) is 3.22. The number of nitrogens with one attached hydrogen (secondary N) is 1. The maximum Gasteiger partial charge on any atom is 0.342 e. The van der Waals surface area contributed by atoms with Crippen LogP contribution in [0.15, 0.2) is 6.33 Å². The number of ether oxygens (including phenoxy) is 5. The number of benzene rings is 1. The molecule has 1 aliphatic rings. The minimum absolute atomic E-state index is 0.0736. The Balaban J connectivity index is 2.05. The van der Waals surface area contributed by atoms with Crippen molar-refractivity contribution in [1.82, 2.24) is 14.9 Å². The van der Waals surface area contributed by atoms with Crippen LogP contribution in [-0.4, -0.2) is 62.9 Å². The second-order valence-electron chi connectivity index (χ2n) is 8.14. The second kappa shape index (κ2) is 11.9. The molecule has 10 heteroatoms. The van der Waals surface area contributed by atoms with Gasteiger partial charge in [-0.05, 0) is 18.8 Å². The number of hydrogen-bond acceptors (Lipinski definition) is 8. The van der Waals surface area contributed by atoms with Gasteiger partial charge >= 0.3 is 5.97 Å². The summed E-state index contributed by atoms with van der Waals surface area (Å²) >= 11 is 0. The third kappa shape index (κ3) is 5.75. The monoisotopic (exact) mass is 463 g/mol. The molecule has 1 heterocycles. The number of esters is 1. The number of methoxy groups -OCH3 is 3. The number of aryl methyl sites for hydroxylation is 1. The summed E-state index contributed by atoms with van der Waals surface area (Å²) in [6.45, 7) is 0.429. The fourth-order valence-corrected chi connectivity index (χ4v) is 4.27. The molecule has 1 aromatic carbocycles. The molecule has 182 valence electrons. The Labute approximate surface area is 193 Å². The smallest absolute Gasteiger partial charge is 0.342 e. The summed E-state index contributed by atoms with van der Waals surface area (Å²) in [5, 5.41) is 3.02. The lowest BCUT2D eigenvalue weighted by atomic mass is 9.89. The van der Waals surface area contributed by atoms with E-state index in [1.54, 1.807) is 17.9 Å². The molecule has 1 aliphatic carbocycles. The molecular formula is C23H33N3O7. The van der Waals surface area contributed by atoms with Crippen molar-refractivity contribution in [3.63, 3.8) is 0 Å². The van der Waals surface area contributed by atoms with Gasteiger partial charge in [-0.3, -0.25) is 4.79 Å². The van der Waals surface area contributed by atoms with Gasteiger partial charge in [0, 0.05) is 33.4 Å². The van der Waals surface area contributed by atoms with Crippen molar-refractivity contribution in [1.29, 1.82) is 0 Å². The second-order valence-corrected chi connectivity index (χ2v) is 8.14. The van der Waals surface area contributed by atoms with E-state index >= 15 is 0 Å². The number of carbonyl (C=O) groups is 2. The first-order valence-corrected chi connectivity index (χ1v) is 11.1. The van der Waals surface area contributed by atoms with E-state index in [4.69, 9.17) is 23.7 Å². The summed E-state index contributed by atoms with van der Waals surface area (Å²) in [5.74, 6) is 0.106. The van der Waals surface area contributed by atoms with E-state index in [-0.39, 0.29) is 37.2 Å². The zero-order valence-corrected chi connectivity index (χ0v) is 19.8. The molecule has 0 saturated heterocycles. The van der Waals surface area contributed by atoms with Crippen molar-refractivity contribution < 1.29 is 33.3 Å². The Bertz CT molecular complexity index is 967. The predicted molar refractivity (Wildman–Crippen MR) is 120 cm³/mol. The van der Waals surface area contributed by atoms with Crippen LogP contribution in [0.2, 0.25) is 0 Å². The van der Waals surface area contributed by atoms with Crippen LogP contribution in [-0.2, 0) is 32.5 Å². The topological polar surface area (TPSA) is 110 Å². The summed E-state index contributed by atoms with van der Waals surface area (Å²) in [6.07, 6.45) is 7.36. The quantitative estimate of drug-likeness (QED) is 0.400. The van der Waals surface area contributed by atoms with E-state index in [0.717, 1.165) is 12.8 Å². The number of nitrogens with zero attached hydrogens (tertiary/aromatic N) is 2. The Hall–Kier alpha value is -2.85. The van der Waals surface area contributed by atoms with Gasteiger partial charge in [0.15, 0.2) is 25.1 Å². The SMILES string of the molecule is COCOc1c(C(=O)OC)c(CC(=O)NCC2CCCCC2)c(OCOC)c2c1ncn2C. The highest BCUT2D eigenvalue weighted by Crippen LogP contribution is 2.41. The van der Waals surface area contributed by atoms with Crippen LogP contribution in [0, 0.1) is 5.92 Å². The van der Waals surface area contributed by atoms with Crippen molar-refractivity contribution in [2.24, 2.45) is 13.0 Å². The van der Waals surface area contributed by atoms with Gasteiger partial charge in [-0.15, -0.1) is 0 Å². The zero-order chi connectivity index (χ0) is 23.8. The van der Waals surface area contributed by atoms with Gasteiger partial charge in [-0.2, -0.15) is 0 Å². The molecule has 0 atom stereocenters. The van der Waals surface area contributed by atoms with Crippen LogP contribution in [0.4, 0.5) is 0 Å². The number of rotatable bonds is 11. The normalized spacial score (nSPS) is 14.3. The Kier molecular flexibility index (Phi) is 8.90. The number of hydrogen-bond donors (Lipinski definition) is 1. The number of amides is 1. The third-order valence-electron chi connectivity index (χ3n) is 5.85. The van der Waals surface area contributed by atoms with Crippen molar-refractivity contribution >= 4 is 22.9 Å². The Morgan fingerprint density at radius 3 is 2.36 bits per heavy atom. The minimum atomic E-state index is -0.661.